The maximum absolute atomic E-state index is 12.7. The Hall–Kier alpha value is -3.90. The van der Waals surface area contributed by atoms with Gasteiger partial charge >= 0.3 is 5.97 Å². The molecule has 166 valence electrons. The van der Waals surface area contributed by atoms with Crippen molar-refractivity contribution in [3.05, 3.63) is 107 Å². The fourth-order valence-corrected chi connectivity index (χ4v) is 4.06. The summed E-state index contributed by atoms with van der Waals surface area (Å²) in [6, 6.07) is 26.4. The fraction of sp³-hybridized carbons (Fsp3) is 0.111. The van der Waals surface area contributed by atoms with Gasteiger partial charge in [-0.15, -0.1) is 11.3 Å². The molecule has 33 heavy (non-hydrogen) atoms. The Morgan fingerprint density at radius 1 is 0.879 bits per heavy atom. The molecule has 1 amide bonds. The summed E-state index contributed by atoms with van der Waals surface area (Å²) >= 11 is 1.63. The topological polar surface area (TPSA) is 81.4 Å². The van der Waals surface area contributed by atoms with E-state index in [1.54, 1.807) is 29.5 Å². The standard InChI is InChI=1S/C27H24N2O3S/c28-23-14-13-22(25-7-4-16-33-25)17-24(23)29-27(31)21-11-8-19(9-12-21)10-15-26(30)32-18-20-5-2-1-3-6-20/h1-9,11-14,16-17H,10,15,18,28H2,(H,29,31). The summed E-state index contributed by atoms with van der Waals surface area (Å²) in [5.74, 6) is -0.486. The highest BCUT2D eigenvalue weighted by Gasteiger charge is 2.11. The Labute approximate surface area is 196 Å². The summed E-state index contributed by atoms with van der Waals surface area (Å²) in [6.45, 7) is 0.273. The highest BCUT2D eigenvalue weighted by Crippen LogP contribution is 2.30. The zero-order valence-corrected chi connectivity index (χ0v) is 18.8. The van der Waals surface area contributed by atoms with Gasteiger partial charge in [0.25, 0.3) is 5.91 Å². The van der Waals surface area contributed by atoms with E-state index in [-0.39, 0.29) is 24.9 Å². The molecule has 0 aliphatic rings. The van der Waals surface area contributed by atoms with E-state index in [9.17, 15) is 9.59 Å². The molecule has 0 fully saturated rings. The number of hydrogen-bond acceptors (Lipinski definition) is 5. The van der Waals surface area contributed by atoms with Crippen LogP contribution >= 0.6 is 11.3 Å². The van der Waals surface area contributed by atoms with Crippen molar-refractivity contribution >= 4 is 34.6 Å². The van der Waals surface area contributed by atoms with Gasteiger partial charge in [-0.2, -0.15) is 0 Å². The lowest BCUT2D eigenvalue weighted by Crippen LogP contribution is -2.13. The van der Waals surface area contributed by atoms with E-state index in [0.29, 0.717) is 23.4 Å². The van der Waals surface area contributed by atoms with Gasteiger partial charge in [-0.3, -0.25) is 9.59 Å². The van der Waals surface area contributed by atoms with E-state index in [1.807, 2.05) is 72.1 Å². The van der Waals surface area contributed by atoms with Crippen LogP contribution in [0.3, 0.4) is 0 Å². The molecule has 0 atom stereocenters. The minimum Gasteiger partial charge on any atom is -0.461 e. The Bertz CT molecular complexity index is 1220. The number of ether oxygens (including phenoxy) is 1. The van der Waals surface area contributed by atoms with Gasteiger partial charge in [-0.05, 0) is 58.8 Å². The molecule has 4 aromatic rings. The van der Waals surface area contributed by atoms with Gasteiger partial charge in [-0.1, -0.05) is 54.6 Å². The molecular formula is C27H24N2O3S. The minimum atomic E-state index is -0.248. The first-order valence-electron chi connectivity index (χ1n) is 10.6. The van der Waals surface area contributed by atoms with E-state index in [4.69, 9.17) is 10.5 Å². The second-order valence-electron chi connectivity index (χ2n) is 7.58. The Morgan fingerprint density at radius 2 is 1.67 bits per heavy atom. The molecule has 3 N–H and O–H groups in total. The number of carbonyl (C=O) groups is 2. The maximum Gasteiger partial charge on any atom is 0.306 e. The highest BCUT2D eigenvalue weighted by molar-refractivity contribution is 7.13. The SMILES string of the molecule is Nc1ccc(-c2cccs2)cc1NC(=O)c1ccc(CCC(=O)OCc2ccccc2)cc1. The molecule has 0 radical (unpaired) electrons. The van der Waals surface area contributed by atoms with Crippen LogP contribution in [0.15, 0.2) is 90.3 Å². The van der Waals surface area contributed by atoms with Gasteiger partial charge in [0.1, 0.15) is 6.61 Å². The number of anilines is 2. The van der Waals surface area contributed by atoms with E-state index < -0.39 is 0 Å². The van der Waals surface area contributed by atoms with E-state index >= 15 is 0 Å². The van der Waals surface area contributed by atoms with Crippen molar-refractivity contribution in [2.75, 3.05) is 11.1 Å². The second-order valence-corrected chi connectivity index (χ2v) is 8.52. The number of nitrogens with two attached hydrogens (primary N) is 1. The predicted octanol–water partition coefficient (Wildman–Crippen LogP) is 5.93. The van der Waals surface area contributed by atoms with E-state index in [1.165, 1.54) is 0 Å². The number of amides is 1. The molecule has 4 rings (SSSR count). The second kappa shape index (κ2) is 10.6. The molecule has 0 bridgehead atoms. The van der Waals surface area contributed by atoms with Gasteiger partial charge < -0.3 is 15.8 Å². The summed E-state index contributed by atoms with van der Waals surface area (Å²) in [5, 5.41) is 4.91. The van der Waals surface area contributed by atoms with Crippen molar-refractivity contribution in [2.45, 2.75) is 19.4 Å². The summed E-state index contributed by atoms with van der Waals surface area (Å²) in [5.41, 5.74) is 10.6. The number of hydrogen-bond donors (Lipinski definition) is 2. The van der Waals surface area contributed by atoms with Gasteiger partial charge in [0.05, 0.1) is 11.4 Å². The van der Waals surface area contributed by atoms with Crippen molar-refractivity contribution in [2.24, 2.45) is 0 Å². The normalized spacial score (nSPS) is 10.5. The monoisotopic (exact) mass is 456 g/mol. The molecular weight excluding hydrogens is 432 g/mol. The molecule has 6 heteroatoms. The van der Waals surface area contributed by atoms with Crippen LogP contribution in [-0.2, 0) is 22.6 Å². The third-order valence-electron chi connectivity index (χ3n) is 5.18. The largest absolute Gasteiger partial charge is 0.461 e. The number of nitrogens with one attached hydrogen (secondary N) is 1. The van der Waals surface area contributed by atoms with E-state index in [2.05, 4.69) is 5.32 Å². The number of esters is 1. The molecule has 0 saturated heterocycles. The number of aryl methyl sites for hydroxylation is 1. The van der Waals surface area contributed by atoms with Crippen LogP contribution in [0.4, 0.5) is 11.4 Å². The van der Waals surface area contributed by atoms with Crippen LogP contribution in [0, 0.1) is 0 Å². The van der Waals surface area contributed by atoms with Crippen molar-refractivity contribution < 1.29 is 14.3 Å². The lowest BCUT2D eigenvalue weighted by molar-refractivity contribution is -0.144. The van der Waals surface area contributed by atoms with Crippen LogP contribution in [0.2, 0.25) is 0 Å². The molecule has 0 aliphatic heterocycles. The molecule has 0 aliphatic carbocycles. The van der Waals surface area contributed by atoms with Crippen LogP contribution in [0.5, 0.6) is 0 Å². The number of carbonyl (C=O) groups excluding carboxylic acids is 2. The summed E-state index contributed by atoms with van der Waals surface area (Å²) in [7, 11) is 0. The zero-order valence-electron chi connectivity index (χ0n) is 18.0. The van der Waals surface area contributed by atoms with Crippen LogP contribution in [-0.4, -0.2) is 11.9 Å². The average molecular weight is 457 g/mol. The summed E-state index contributed by atoms with van der Waals surface area (Å²) < 4.78 is 5.31. The summed E-state index contributed by atoms with van der Waals surface area (Å²) in [6.07, 6.45) is 0.829. The minimum absolute atomic E-state index is 0.237. The predicted molar refractivity (Wildman–Crippen MR) is 133 cm³/mol. The molecule has 0 saturated carbocycles. The number of benzene rings is 3. The third-order valence-corrected chi connectivity index (χ3v) is 6.10. The smallest absolute Gasteiger partial charge is 0.306 e. The number of nitrogen functional groups attached to an aromatic ring is 1. The van der Waals surface area contributed by atoms with Gasteiger partial charge in [-0.25, -0.2) is 0 Å². The Kier molecular flexibility index (Phi) is 7.17. The lowest BCUT2D eigenvalue weighted by Gasteiger charge is -2.10. The van der Waals surface area contributed by atoms with Gasteiger partial charge in [0.2, 0.25) is 0 Å². The molecule has 1 aromatic heterocycles. The fourth-order valence-electron chi connectivity index (χ4n) is 3.33. The van der Waals surface area contributed by atoms with Crippen molar-refractivity contribution in [1.82, 2.24) is 0 Å². The first kappa shape index (κ1) is 22.3. The highest BCUT2D eigenvalue weighted by atomic mass is 32.1. The molecule has 3 aromatic carbocycles. The molecule has 1 heterocycles. The van der Waals surface area contributed by atoms with Gasteiger partial charge in [0, 0.05) is 16.9 Å². The molecule has 5 nitrogen and oxygen atoms in total. The Morgan fingerprint density at radius 3 is 2.39 bits per heavy atom. The van der Waals surface area contributed by atoms with Crippen molar-refractivity contribution in [3.63, 3.8) is 0 Å². The number of rotatable bonds is 8. The van der Waals surface area contributed by atoms with Crippen LogP contribution < -0.4 is 11.1 Å². The van der Waals surface area contributed by atoms with Crippen LogP contribution in [0.25, 0.3) is 10.4 Å². The average Bonchev–Trinajstić information content (AvgIpc) is 3.39. The lowest BCUT2D eigenvalue weighted by atomic mass is 10.1. The third kappa shape index (κ3) is 6.08. The Balaban J connectivity index is 1.31. The van der Waals surface area contributed by atoms with E-state index in [0.717, 1.165) is 21.6 Å². The first-order valence-corrected chi connectivity index (χ1v) is 11.5. The molecule has 0 spiro atoms. The van der Waals surface area contributed by atoms with Crippen LogP contribution in [0.1, 0.15) is 27.9 Å². The quantitative estimate of drug-likeness (QED) is 0.254. The summed E-state index contributed by atoms with van der Waals surface area (Å²) in [4.78, 5) is 25.8. The van der Waals surface area contributed by atoms with Crippen molar-refractivity contribution in [3.8, 4) is 10.4 Å². The molecule has 0 unspecified atom stereocenters. The number of thiophene rings is 1. The maximum atomic E-state index is 12.7. The van der Waals surface area contributed by atoms with Gasteiger partial charge in [0.15, 0.2) is 0 Å². The first-order chi connectivity index (χ1) is 16.1. The van der Waals surface area contributed by atoms with Crippen molar-refractivity contribution in [1.29, 1.82) is 0 Å². The zero-order chi connectivity index (χ0) is 23.0.